The van der Waals surface area contributed by atoms with Crippen LogP contribution >= 0.6 is 0 Å². The van der Waals surface area contributed by atoms with Crippen LogP contribution in [0.5, 0.6) is 0 Å². The van der Waals surface area contributed by atoms with Crippen molar-refractivity contribution in [2.45, 2.75) is 29.0 Å². The molecule has 1 saturated carbocycles. The zero-order valence-corrected chi connectivity index (χ0v) is 10.8. The second-order valence-corrected chi connectivity index (χ2v) is 6.85. The van der Waals surface area contributed by atoms with Crippen molar-refractivity contribution in [2.75, 3.05) is 13.7 Å². The van der Waals surface area contributed by atoms with E-state index < -0.39 is 20.6 Å². The maximum absolute atomic E-state index is 12.3. The van der Waals surface area contributed by atoms with Crippen LogP contribution in [0.15, 0.2) is 29.2 Å². The maximum Gasteiger partial charge on any atom is 0.183 e. The number of benzene rings is 1. The van der Waals surface area contributed by atoms with Gasteiger partial charge in [0.15, 0.2) is 9.84 Å². The van der Waals surface area contributed by atoms with E-state index in [1.54, 1.807) is 24.3 Å². The number of rotatable bonds is 4. The van der Waals surface area contributed by atoms with Crippen LogP contribution in [0.3, 0.4) is 0 Å². The third-order valence-corrected chi connectivity index (χ3v) is 5.50. The van der Waals surface area contributed by atoms with E-state index in [0.717, 1.165) is 5.56 Å². The lowest BCUT2D eigenvalue weighted by Crippen LogP contribution is -2.35. The van der Waals surface area contributed by atoms with Gasteiger partial charge in [0.2, 0.25) is 0 Å². The van der Waals surface area contributed by atoms with Crippen LogP contribution in [-0.2, 0) is 14.6 Å². The van der Waals surface area contributed by atoms with Gasteiger partial charge in [0.25, 0.3) is 0 Å². The molecule has 0 heterocycles. The zero-order valence-electron chi connectivity index (χ0n) is 10.0. The summed E-state index contributed by atoms with van der Waals surface area (Å²) in [5, 5.41) is -0.516. The van der Waals surface area contributed by atoms with Crippen LogP contribution in [0.25, 0.3) is 0 Å². The van der Waals surface area contributed by atoms with Gasteiger partial charge >= 0.3 is 0 Å². The van der Waals surface area contributed by atoms with Crippen molar-refractivity contribution >= 4 is 9.84 Å². The number of nitrogens with two attached hydrogens (primary N) is 1. The summed E-state index contributed by atoms with van der Waals surface area (Å²) in [5.41, 5.74) is 6.28. The van der Waals surface area contributed by atoms with Gasteiger partial charge in [0.1, 0.15) is 0 Å². The molecular formula is C12H17NO3S. The highest BCUT2D eigenvalue weighted by Crippen LogP contribution is 2.42. The Bertz CT molecular complexity index is 509. The van der Waals surface area contributed by atoms with E-state index >= 15 is 0 Å². The molecule has 2 rings (SSSR count). The molecule has 1 aromatic carbocycles. The van der Waals surface area contributed by atoms with Gasteiger partial charge < -0.3 is 10.5 Å². The Kier molecular flexibility index (Phi) is 3.01. The number of aryl methyl sites for hydroxylation is 1. The minimum atomic E-state index is -3.32. The van der Waals surface area contributed by atoms with Crippen LogP contribution in [0.1, 0.15) is 12.0 Å². The maximum atomic E-state index is 12.3. The first kappa shape index (κ1) is 12.5. The number of methoxy groups -OCH3 is 1. The first-order valence-corrected chi connectivity index (χ1v) is 7.03. The molecule has 2 atom stereocenters. The molecule has 2 N–H and O–H groups in total. The third kappa shape index (κ3) is 2.22. The van der Waals surface area contributed by atoms with Gasteiger partial charge in [-0.2, -0.15) is 0 Å². The van der Waals surface area contributed by atoms with Crippen molar-refractivity contribution in [2.24, 2.45) is 5.73 Å². The van der Waals surface area contributed by atoms with Gasteiger partial charge in [0.05, 0.1) is 22.3 Å². The predicted molar refractivity (Wildman–Crippen MR) is 65.6 cm³/mol. The summed E-state index contributed by atoms with van der Waals surface area (Å²) in [6.45, 7) is 2.20. The van der Waals surface area contributed by atoms with Gasteiger partial charge in [0, 0.05) is 7.11 Å². The van der Waals surface area contributed by atoms with Crippen LogP contribution in [0, 0.1) is 6.92 Å². The monoisotopic (exact) mass is 255 g/mol. The third-order valence-electron chi connectivity index (χ3n) is 3.18. The SMILES string of the molecule is COC[C@]1(N)C[C@@H]1S(=O)(=O)c1ccc(C)cc1. The van der Waals surface area contributed by atoms with Crippen molar-refractivity contribution in [3.63, 3.8) is 0 Å². The molecule has 5 heteroatoms. The van der Waals surface area contributed by atoms with Crippen LogP contribution < -0.4 is 5.73 Å². The van der Waals surface area contributed by atoms with Crippen molar-refractivity contribution in [3.05, 3.63) is 29.8 Å². The zero-order chi connectivity index (χ0) is 12.7. The van der Waals surface area contributed by atoms with E-state index in [2.05, 4.69) is 0 Å². The summed E-state index contributed by atoms with van der Waals surface area (Å²) < 4.78 is 29.5. The second-order valence-electron chi connectivity index (χ2n) is 4.72. The van der Waals surface area contributed by atoms with E-state index in [9.17, 15) is 8.42 Å². The fraction of sp³-hybridized carbons (Fsp3) is 0.500. The Labute approximate surface area is 102 Å². The van der Waals surface area contributed by atoms with Crippen molar-refractivity contribution in [3.8, 4) is 0 Å². The van der Waals surface area contributed by atoms with Gasteiger partial charge in [-0.3, -0.25) is 0 Å². The highest BCUT2D eigenvalue weighted by Gasteiger charge is 2.59. The van der Waals surface area contributed by atoms with E-state index in [-0.39, 0.29) is 6.61 Å². The molecule has 0 amide bonds. The van der Waals surface area contributed by atoms with Crippen molar-refractivity contribution in [1.82, 2.24) is 0 Å². The summed E-state index contributed by atoms with van der Waals surface area (Å²) in [5.74, 6) is 0. The van der Waals surface area contributed by atoms with Crippen LogP contribution in [0.4, 0.5) is 0 Å². The van der Waals surface area contributed by atoms with Gasteiger partial charge in [-0.05, 0) is 25.5 Å². The summed E-state index contributed by atoms with van der Waals surface area (Å²) in [6.07, 6.45) is 0.469. The molecular weight excluding hydrogens is 238 g/mol. The molecule has 1 aromatic rings. The fourth-order valence-electron chi connectivity index (χ4n) is 2.02. The molecule has 17 heavy (non-hydrogen) atoms. The fourth-order valence-corrected chi connectivity index (χ4v) is 4.08. The number of sulfone groups is 1. The lowest BCUT2D eigenvalue weighted by atomic mass is 10.2. The molecule has 0 saturated heterocycles. The molecule has 1 aliphatic rings. The Balaban J connectivity index is 2.25. The van der Waals surface area contributed by atoms with Crippen LogP contribution in [-0.4, -0.2) is 32.9 Å². The molecule has 0 bridgehead atoms. The molecule has 0 radical (unpaired) electrons. The number of hydrogen-bond acceptors (Lipinski definition) is 4. The van der Waals surface area contributed by atoms with Crippen LogP contribution in [0.2, 0.25) is 0 Å². The van der Waals surface area contributed by atoms with E-state index in [0.29, 0.717) is 11.3 Å². The smallest absolute Gasteiger partial charge is 0.183 e. The molecule has 4 nitrogen and oxygen atoms in total. The normalized spacial score (nSPS) is 28.1. The first-order chi connectivity index (χ1) is 7.90. The number of hydrogen-bond donors (Lipinski definition) is 1. The van der Waals surface area contributed by atoms with Gasteiger partial charge in [-0.1, -0.05) is 17.7 Å². The van der Waals surface area contributed by atoms with Crippen molar-refractivity contribution in [1.29, 1.82) is 0 Å². The molecule has 94 valence electrons. The molecule has 0 spiro atoms. The lowest BCUT2D eigenvalue weighted by Gasteiger charge is -2.10. The standard InChI is InChI=1S/C12H17NO3S/c1-9-3-5-10(6-4-9)17(14,15)11-7-12(11,13)8-16-2/h3-6,11H,7-8,13H2,1-2H3/t11-,12+/m0/s1. The topological polar surface area (TPSA) is 69.4 Å². The largest absolute Gasteiger partial charge is 0.383 e. The predicted octanol–water partition coefficient (Wildman–Crippen LogP) is 0.885. The molecule has 0 unspecified atom stereocenters. The first-order valence-electron chi connectivity index (χ1n) is 5.48. The van der Waals surface area contributed by atoms with Gasteiger partial charge in [-0.15, -0.1) is 0 Å². The Morgan fingerprint density at radius 1 is 1.41 bits per heavy atom. The second kappa shape index (κ2) is 4.08. The molecule has 0 aromatic heterocycles. The Morgan fingerprint density at radius 3 is 2.53 bits per heavy atom. The molecule has 0 aliphatic heterocycles. The summed E-state index contributed by atoms with van der Waals surface area (Å²) in [6, 6.07) is 6.86. The van der Waals surface area contributed by atoms with Gasteiger partial charge in [-0.25, -0.2) is 8.42 Å². The highest BCUT2D eigenvalue weighted by molar-refractivity contribution is 7.92. The minimum Gasteiger partial charge on any atom is -0.383 e. The van der Waals surface area contributed by atoms with E-state index in [1.165, 1.54) is 7.11 Å². The Morgan fingerprint density at radius 2 is 2.00 bits per heavy atom. The van der Waals surface area contributed by atoms with E-state index in [1.807, 2.05) is 6.92 Å². The molecule has 1 fully saturated rings. The summed E-state index contributed by atoms with van der Waals surface area (Å²) in [7, 11) is -1.79. The van der Waals surface area contributed by atoms with E-state index in [4.69, 9.17) is 10.5 Å². The highest BCUT2D eigenvalue weighted by atomic mass is 32.2. The Hall–Kier alpha value is -0.910. The quantitative estimate of drug-likeness (QED) is 0.867. The summed E-state index contributed by atoms with van der Waals surface area (Å²) in [4.78, 5) is 0.344. The lowest BCUT2D eigenvalue weighted by molar-refractivity contribution is 0.173. The summed E-state index contributed by atoms with van der Waals surface area (Å²) >= 11 is 0. The van der Waals surface area contributed by atoms with Crippen molar-refractivity contribution < 1.29 is 13.2 Å². The molecule has 1 aliphatic carbocycles. The average molecular weight is 255 g/mol. The number of ether oxygens (including phenoxy) is 1. The average Bonchev–Trinajstić information content (AvgIpc) is 2.92. The minimum absolute atomic E-state index is 0.281.